The van der Waals surface area contributed by atoms with Crippen molar-refractivity contribution in [1.82, 2.24) is 4.98 Å². The maximum Gasteiger partial charge on any atom is 0.187 e. The fourth-order valence-electron chi connectivity index (χ4n) is 2.66. The molecule has 3 N–H and O–H groups in total. The van der Waals surface area contributed by atoms with Crippen molar-refractivity contribution >= 4 is 27.8 Å². The molecule has 0 atom stereocenters. The number of phenolic OH excluding ortho intramolecular Hbond substituents is 2. The molecular weight excluding hydrogens is 334 g/mol. The first-order valence-electron chi connectivity index (χ1n) is 8.20. The summed E-state index contributed by atoms with van der Waals surface area (Å²) in [5, 5.41) is 25.2. The lowest BCUT2D eigenvalue weighted by Crippen LogP contribution is -2.21. The van der Waals surface area contributed by atoms with Crippen molar-refractivity contribution in [3.05, 3.63) is 47.8 Å². The minimum Gasteiger partial charge on any atom is -0.508 e. The Labute approximate surface area is 151 Å². The summed E-state index contributed by atoms with van der Waals surface area (Å²) in [7, 11) is 0. The first kappa shape index (κ1) is 17.1. The Morgan fingerprint density at radius 2 is 1.76 bits per heavy atom. The van der Waals surface area contributed by atoms with Crippen LogP contribution in [0.3, 0.4) is 0 Å². The van der Waals surface area contributed by atoms with E-state index >= 15 is 0 Å². The average Bonchev–Trinajstić information content (AvgIpc) is 3.05. The number of hydrogen-bond acceptors (Lipinski definition) is 6. The van der Waals surface area contributed by atoms with Crippen LogP contribution >= 0.6 is 11.3 Å². The molecule has 3 aromatic rings. The Hall–Kier alpha value is -2.73. The van der Waals surface area contributed by atoms with Gasteiger partial charge in [0.05, 0.1) is 5.69 Å². The van der Waals surface area contributed by atoms with E-state index in [1.807, 2.05) is 17.5 Å². The van der Waals surface area contributed by atoms with E-state index in [-0.39, 0.29) is 11.5 Å². The number of nitrogens with zero attached hydrogens (tertiary/aromatic N) is 2. The largest absolute Gasteiger partial charge is 0.508 e. The molecule has 5 nitrogen and oxygen atoms in total. The summed E-state index contributed by atoms with van der Waals surface area (Å²) in [6.45, 7) is 6.25. The molecule has 3 rings (SSSR count). The lowest BCUT2D eigenvalue weighted by atomic mass is 10.1. The van der Waals surface area contributed by atoms with Crippen molar-refractivity contribution in [3.8, 4) is 22.8 Å². The Bertz CT molecular complexity index is 842. The third-order valence-corrected chi connectivity index (χ3v) is 4.77. The zero-order valence-corrected chi connectivity index (χ0v) is 15.0. The number of nitrogens with one attached hydrogen (secondary N) is 1. The summed E-state index contributed by atoms with van der Waals surface area (Å²) < 4.78 is 0. The van der Waals surface area contributed by atoms with Gasteiger partial charge in [-0.1, -0.05) is 0 Å². The molecule has 0 amide bonds. The molecule has 0 fully saturated rings. The van der Waals surface area contributed by atoms with Crippen LogP contribution in [-0.4, -0.2) is 28.3 Å². The molecule has 0 spiro atoms. The van der Waals surface area contributed by atoms with Gasteiger partial charge >= 0.3 is 0 Å². The highest BCUT2D eigenvalue weighted by atomic mass is 32.1. The first-order valence-corrected chi connectivity index (χ1v) is 9.08. The number of aromatic nitrogens is 1. The van der Waals surface area contributed by atoms with Crippen LogP contribution < -0.4 is 10.2 Å². The second-order valence-electron chi connectivity index (χ2n) is 5.58. The third-order valence-electron chi connectivity index (χ3n) is 4.01. The molecule has 0 bridgehead atoms. The highest BCUT2D eigenvalue weighted by molar-refractivity contribution is 7.14. The number of phenols is 2. The molecule has 0 aliphatic heterocycles. The van der Waals surface area contributed by atoms with Crippen molar-refractivity contribution in [1.29, 1.82) is 0 Å². The molecule has 6 heteroatoms. The minimum absolute atomic E-state index is 0.0143. The van der Waals surface area contributed by atoms with Crippen molar-refractivity contribution < 1.29 is 10.2 Å². The van der Waals surface area contributed by atoms with Gasteiger partial charge in [0.2, 0.25) is 0 Å². The Morgan fingerprint density at radius 3 is 2.40 bits per heavy atom. The Balaban J connectivity index is 1.75. The predicted molar refractivity (Wildman–Crippen MR) is 104 cm³/mol. The van der Waals surface area contributed by atoms with Crippen molar-refractivity contribution in [2.75, 3.05) is 23.3 Å². The van der Waals surface area contributed by atoms with Gasteiger partial charge in [-0.2, -0.15) is 0 Å². The smallest absolute Gasteiger partial charge is 0.187 e. The van der Waals surface area contributed by atoms with E-state index in [0.717, 1.165) is 23.9 Å². The lowest BCUT2D eigenvalue weighted by molar-refractivity contribution is 0.452. The van der Waals surface area contributed by atoms with Gasteiger partial charge in [0.15, 0.2) is 5.13 Å². The molecular formula is C19H21N3O2S. The molecule has 0 aliphatic carbocycles. The minimum atomic E-state index is 0.0143. The predicted octanol–water partition coefficient (Wildman–Crippen LogP) is 4.81. The normalized spacial score (nSPS) is 10.6. The first-order chi connectivity index (χ1) is 12.1. The van der Waals surface area contributed by atoms with Gasteiger partial charge in [0.1, 0.15) is 11.5 Å². The molecule has 1 aromatic heterocycles. The quantitative estimate of drug-likeness (QED) is 0.592. The number of anilines is 3. The van der Waals surface area contributed by atoms with E-state index in [2.05, 4.69) is 41.2 Å². The van der Waals surface area contributed by atoms with Crippen LogP contribution in [0.4, 0.5) is 16.5 Å². The van der Waals surface area contributed by atoms with E-state index in [1.54, 1.807) is 6.07 Å². The van der Waals surface area contributed by atoms with Gasteiger partial charge in [0.25, 0.3) is 0 Å². The highest BCUT2D eigenvalue weighted by Gasteiger charge is 2.10. The maximum absolute atomic E-state index is 9.95. The van der Waals surface area contributed by atoms with Gasteiger partial charge < -0.3 is 20.4 Å². The Morgan fingerprint density at radius 1 is 1.04 bits per heavy atom. The van der Waals surface area contributed by atoms with E-state index in [9.17, 15) is 10.2 Å². The zero-order chi connectivity index (χ0) is 17.8. The van der Waals surface area contributed by atoms with E-state index in [1.165, 1.54) is 29.2 Å². The van der Waals surface area contributed by atoms with Crippen molar-refractivity contribution in [3.63, 3.8) is 0 Å². The summed E-state index contributed by atoms with van der Waals surface area (Å²) >= 11 is 1.47. The van der Waals surface area contributed by atoms with Crippen LogP contribution in [0.2, 0.25) is 0 Å². The van der Waals surface area contributed by atoms with Crippen LogP contribution in [0.15, 0.2) is 47.8 Å². The van der Waals surface area contributed by atoms with Gasteiger partial charge in [0, 0.05) is 41.5 Å². The third kappa shape index (κ3) is 3.85. The summed E-state index contributed by atoms with van der Waals surface area (Å²) in [4.78, 5) is 6.80. The average molecular weight is 355 g/mol. The lowest BCUT2D eigenvalue weighted by Gasteiger charge is -2.21. The molecule has 0 aliphatic rings. The standard InChI is InChI=1S/C19H21N3O2S/c1-3-22(4-2)14-7-5-13(6-8-14)20-19-21-17(12-25-19)16-10-9-15(23)11-18(16)24/h5-12,23-24H,3-4H2,1-2H3,(H,20,21). The fraction of sp³-hybridized carbons (Fsp3) is 0.211. The van der Waals surface area contributed by atoms with Gasteiger partial charge in [-0.15, -0.1) is 11.3 Å². The van der Waals surface area contributed by atoms with E-state index < -0.39 is 0 Å². The van der Waals surface area contributed by atoms with Crippen molar-refractivity contribution in [2.45, 2.75) is 13.8 Å². The maximum atomic E-state index is 9.95. The molecule has 130 valence electrons. The second-order valence-corrected chi connectivity index (χ2v) is 6.44. The molecule has 0 radical (unpaired) electrons. The number of rotatable bonds is 6. The Kier molecular flexibility index (Phi) is 5.09. The van der Waals surface area contributed by atoms with E-state index in [4.69, 9.17) is 0 Å². The topological polar surface area (TPSA) is 68.6 Å². The van der Waals surface area contributed by atoms with Crippen LogP contribution in [0.1, 0.15) is 13.8 Å². The number of hydrogen-bond donors (Lipinski definition) is 3. The van der Waals surface area contributed by atoms with Crippen LogP contribution in [-0.2, 0) is 0 Å². The summed E-state index contributed by atoms with van der Waals surface area (Å²) in [5.41, 5.74) is 3.43. The fourth-order valence-corrected chi connectivity index (χ4v) is 3.39. The van der Waals surface area contributed by atoms with Crippen LogP contribution in [0, 0.1) is 0 Å². The summed E-state index contributed by atoms with van der Waals surface area (Å²) in [6, 6.07) is 12.8. The summed E-state index contributed by atoms with van der Waals surface area (Å²) in [6.07, 6.45) is 0. The van der Waals surface area contributed by atoms with Gasteiger partial charge in [-0.05, 0) is 50.2 Å². The van der Waals surface area contributed by atoms with Gasteiger partial charge in [-0.25, -0.2) is 4.98 Å². The molecule has 25 heavy (non-hydrogen) atoms. The number of aromatic hydroxyl groups is 2. The highest BCUT2D eigenvalue weighted by Crippen LogP contribution is 2.34. The molecule has 0 saturated carbocycles. The zero-order valence-electron chi connectivity index (χ0n) is 14.2. The SMILES string of the molecule is CCN(CC)c1ccc(Nc2nc(-c3ccc(O)cc3O)cs2)cc1. The number of thiazole rings is 1. The van der Waals surface area contributed by atoms with Gasteiger partial charge in [-0.3, -0.25) is 0 Å². The van der Waals surface area contributed by atoms with Crippen LogP contribution in [0.25, 0.3) is 11.3 Å². The van der Waals surface area contributed by atoms with Crippen molar-refractivity contribution in [2.24, 2.45) is 0 Å². The number of benzene rings is 2. The molecule has 0 unspecified atom stereocenters. The molecule has 2 aromatic carbocycles. The second kappa shape index (κ2) is 7.44. The monoisotopic (exact) mass is 355 g/mol. The molecule has 0 saturated heterocycles. The molecule has 1 heterocycles. The van der Waals surface area contributed by atoms with Crippen LogP contribution in [0.5, 0.6) is 11.5 Å². The summed E-state index contributed by atoms with van der Waals surface area (Å²) in [5.74, 6) is 0.0449. The van der Waals surface area contributed by atoms with E-state index in [0.29, 0.717) is 11.3 Å².